The van der Waals surface area contributed by atoms with E-state index >= 15 is 0 Å². The molecule has 0 bridgehead atoms. The fourth-order valence-corrected chi connectivity index (χ4v) is 3.55. The van der Waals surface area contributed by atoms with Crippen molar-refractivity contribution in [1.82, 2.24) is 15.6 Å². The summed E-state index contributed by atoms with van der Waals surface area (Å²) in [6, 6.07) is 7.51. The first-order chi connectivity index (χ1) is 10.7. The van der Waals surface area contributed by atoms with E-state index in [0.717, 1.165) is 30.1 Å². The molecule has 0 aliphatic carbocycles. The Labute approximate surface area is 138 Å². The molecule has 22 heavy (non-hydrogen) atoms. The summed E-state index contributed by atoms with van der Waals surface area (Å²) in [6.07, 6.45) is 2.34. The van der Waals surface area contributed by atoms with Crippen LogP contribution in [0.2, 0.25) is 5.02 Å². The third-order valence-corrected chi connectivity index (χ3v) is 4.89. The van der Waals surface area contributed by atoms with Gasteiger partial charge >= 0.3 is 0 Å². The smallest absolute Gasteiger partial charge is 0.270 e. The quantitative estimate of drug-likeness (QED) is 0.902. The molecule has 6 heteroatoms. The van der Waals surface area contributed by atoms with Gasteiger partial charge in [-0.1, -0.05) is 23.7 Å². The Hall–Kier alpha value is -1.43. The number of carbonyl (C=O) groups excluding carboxylic acids is 1. The van der Waals surface area contributed by atoms with E-state index < -0.39 is 0 Å². The Morgan fingerprint density at radius 1 is 1.50 bits per heavy atom. The van der Waals surface area contributed by atoms with E-state index in [-0.39, 0.29) is 5.91 Å². The molecule has 0 saturated carbocycles. The Bertz CT molecular complexity index is 652. The predicted octanol–water partition coefficient (Wildman–Crippen LogP) is 3.19. The van der Waals surface area contributed by atoms with E-state index in [1.807, 2.05) is 24.3 Å². The molecule has 4 nitrogen and oxygen atoms in total. The molecule has 1 atom stereocenters. The van der Waals surface area contributed by atoms with Crippen molar-refractivity contribution < 1.29 is 4.79 Å². The van der Waals surface area contributed by atoms with Gasteiger partial charge < -0.3 is 10.6 Å². The number of carbonyl (C=O) groups is 1. The van der Waals surface area contributed by atoms with Gasteiger partial charge in [-0.2, -0.15) is 0 Å². The lowest BCUT2D eigenvalue weighted by molar-refractivity contribution is 0.0940. The van der Waals surface area contributed by atoms with Crippen LogP contribution < -0.4 is 10.6 Å². The number of hydrogen-bond donors (Lipinski definition) is 2. The highest BCUT2D eigenvalue weighted by Crippen LogP contribution is 2.26. The summed E-state index contributed by atoms with van der Waals surface area (Å²) in [5.41, 5.74) is 1.41. The zero-order valence-corrected chi connectivity index (χ0v) is 13.7. The maximum absolute atomic E-state index is 12.2. The molecule has 2 N–H and O–H groups in total. The van der Waals surface area contributed by atoms with E-state index in [9.17, 15) is 4.79 Å². The summed E-state index contributed by atoms with van der Waals surface area (Å²) < 4.78 is 0. The summed E-state index contributed by atoms with van der Waals surface area (Å²) in [4.78, 5) is 16.6. The number of benzene rings is 1. The number of rotatable bonds is 4. The van der Waals surface area contributed by atoms with Gasteiger partial charge in [-0.15, -0.1) is 11.3 Å². The van der Waals surface area contributed by atoms with Gasteiger partial charge in [-0.25, -0.2) is 4.98 Å². The zero-order valence-electron chi connectivity index (χ0n) is 12.1. The van der Waals surface area contributed by atoms with Crippen molar-refractivity contribution in [2.45, 2.75) is 12.8 Å². The lowest BCUT2D eigenvalue weighted by atomic mass is 10.00. The standard InChI is InChI=1S/C16H18ClN3OS/c17-13-5-1-4-12(7-13)16-20-14(10-22-16)15(21)19-9-11-3-2-6-18-8-11/h1,4-5,7,10-11,18H,2-3,6,8-9H2,(H,19,21). The third kappa shape index (κ3) is 3.85. The molecule has 1 aromatic carbocycles. The van der Waals surface area contributed by atoms with Gasteiger partial charge in [0.1, 0.15) is 10.7 Å². The third-order valence-electron chi connectivity index (χ3n) is 3.76. The van der Waals surface area contributed by atoms with Crippen LogP contribution in [0.1, 0.15) is 23.3 Å². The topological polar surface area (TPSA) is 54.0 Å². The fraction of sp³-hybridized carbons (Fsp3) is 0.375. The molecule has 116 valence electrons. The van der Waals surface area contributed by atoms with E-state index in [4.69, 9.17) is 11.6 Å². The molecular weight excluding hydrogens is 318 g/mol. The van der Waals surface area contributed by atoms with Gasteiger partial charge in [-0.3, -0.25) is 4.79 Å². The highest BCUT2D eigenvalue weighted by atomic mass is 35.5. The molecule has 1 fully saturated rings. The van der Waals surface area contributed by atoms with Crippen LogP contribution in [0.3, 0.4) is 0 Å². The first kappa shape index (κ1) is 15.5. The van der Waals surface area contributed by atoms with Crippen molar-refractivity contribution in [3.63, 3.8) is 0 Å². The number of amides is 1. The normalized spacial score (nSPS) is 18.1. The number of piperidine rings is 1. The Kier molecular flexibility index (Phi) is 5.08. The lowest BCUT2D eigenvalue weighted by Gasteiger charge is -2.22. The van der Waals surface area contributed by atoms with E-state index in [0.29, 0.717) is 23.2 Å². The van der Waals surface area contributed by atoms with Crippen LogP contribution in [0.25, 0.3) is 10.6 Å². The Morgan fingerprint density at radius 2 is 2.41 bits per heavy atom. The maximum atomic E-state index is 12.2. The van der Waals surface area contributed by atoms with Crippen LogP contribution in [0.4, 0.5) is 0 Å². The minimum Gasteiger partial charge on any atom is -0.350 e. The summed E-state index contributed by atoms with van der Waals surface area (Å²) in [7, 11) is 0. The predicted molar refractivity (Wildman–Crippen MR) is 90.5 cm³/mol. The van der Waals surface area contributed by atoms with E-state index in [2.05, 4.69) is 15.6 Å². The lowest BCUT2D eigenvalue weighted by Crippen LogP contribution is -2.38. The number of thiazole rings is 1. The molecule has 0 spiro atoms. The minimum atomic E-state index is -0.102. The second-order valence-corrected chi connectivity index (χ2v) is 6.77. The second kappa shape index (κ2) is 7.22. The molecule has 1 unspecified atom stereocenters. The van der Waals surface area contributed by atoms with Gasteiger partial charge in [0.15, 0.2) is 0 Å². The molecule has 2 heterocycles. The number of halogens is 1. The number of aromatic nitrogens is 1. The maximum Gasteiger partial charge on any atom is 0.270 e. The average molecular weight is 336 g/mol. The molecule has 0 radical (unpaired) electrons. The number of nitrogens with one attached hydrogen (secondary N) is 2. The van der Waals surface area contributed by atoms with Crippen LogP contribution in [0.15, 0.2) is 29.6 Å². The zero-order chi connectivity index (χ0) is 15.4. The number of hydrogen-bond acceptors (Lipinski definition) is 4. The largest absolute Gasteiger partial charge is 0.350 e. The highest BCUT2D eigenvalue weighted by molar-refractivity contribution is 7.13. The van der Waals surface area contributed by atoms with Gasteiger partial charge in [0.05, 0.1) is 0 Å². The van der Waals surface area contributed by atoms with Crippen molar-refractivity contribution in [1.29, 1.82) is 0 Å². The molecule has 1 aliphatic rings. The van der Waals surface area contributed by atoms with Crippen molar-refractivity contribution >= 4 is 28.8 Å². The molecule has 1 amide bonds. The van der Waals surface area contributed by atoms with Crippen LogP contribution in [0.5, 0.6) is 0 Å². The van der Waals surface area contributed by atoms with Crippen molar-refractivity contribution in [2.75, 3.05) is 19.6 Å². The number of nitrogens with zero attached hydrogens (tertiary/aromatic N) is 1. The minimum absolute atomic E-state index is 0.102. The molecule has 2 aromatic rings. The van der Waals surface area contributed by atoms with Crippen molar-refractivity contribution in [2.24, 2.45) is 5.92 Å². The van der Waals surface area contributed by atoms with Crippen LogP contribution in [-0.4, -0.2) is 30.5 Å². The van der Waals surface area contributed by atoms with Crippen LogP contribution >= 0.6 is 22.9 Å². The summed E-state index contributed by atoms with van der Waals surface area (Å²) in [6.45, 7) is 2.76. The average Bonchev–Trinajstić information content (AvgIpc) is 3.04. The first-order valence-corrected chi connectivity index (χ1v) is 8.68. The van der Waals surface area contributed by atoms with E-state index in [1.54, 1.807) is 5.38 Å². The summed E-state index contributed by atoms with van der Waals surface area (Å²) in [5, 5.41) is 9.61. The van der Waals surface area contributed by atoms with Gasteiger partial charge in [0, 0.05) is 22.5 Å². The Morgan fingerprint density at radius 3 is 3.18 bits per heavy atom. The molecule has 1 aliphatic heterocycles. The van der Waals surface area contributed by atoms with Crippen molar-refractivity contribution in [3.05, 3.63) is 40.4 Å². The van der Waals surface area contributed by atoms with Crippen LogP contribution in [0, 0.1) is 5.92 Å². The second-order valence-electron chi connectivity index (χ2n) is 5.47. The molecule has 1 aromatic heterocycles. The van der Waals surface area contributed by atoms with Crippen LogP contribution in [-0.2, 0) is 0 Å². The fourth-order valence-electron chi connectivity index (χ4n) is 2.56. The van der Waals surface area contributed by atoms with Gasteiger partial charge in [0.2, 0.25) is 0 Å². The van der Waals surface area contributed by atoms with Gasteiger partial charge in [0.25, 0.3) is 5.91 Å². The monoisotopic (exact) mass is 335 g/mol. The molecule has 1 saturated heterocycles. The van der Waals surface area contributed by atoms with E-state index in [1.165, 1.54) is 17.8 Å². The first-order valence-electron chi connectivity index (χ1n) is 7.43. The highest BCUT2D eigenvalue weighted by Gasteiger charge is 2.16. The molecular formula is C16H18ClN3OS. The molecule has 3 rings (SSSR count). The Balaban J connectivity index is 1.61. The van der Waals surface area contributed by atoms with Gasteiger partial charge in [-0.05, 0) is 44.0 Å². The van der Waals surface area contributed by atoms with Crippen molar-refractivity contribution in [3.8, 4) is 10.6 Å². The summed E-state index contributed by atoms with van der Waals surface area (Å²) in [5.74, 6) is 0.416. The summed E-state index contributed by atoms with van der Waals surface area (Å²) >= 11 is 7.45. The SMILES string of the molecule is O=C(NCC1CCCNC1)c1csc(-c2cccc(Cl)c2)n1.